The molecule has 0 spiro atoms. The summed E-state index contributed by atoms with van der Waals surface area (Å²) in [5, 5.41) is 11.4. The maximum Gasteiger partial charge on any atom is 0.217 e. The number of aromatic nitrogens is 3. The third-order valence-corrected chi connectivity index (χ3v) is 4.84. The molecule has 1 aromatic heterocycles. The summed E-state index contributed by atoms with van der Waals surface area (Å²) < 4.78 is 13.1. The molecule has 0 unspecified atom stereocenters. The van der Waals surface area contributed by atoms with Crippen molar-refractivity contribution in [1.29, 1.82) is 0 Å². The first-order valence-electron chi connectivity index (χ1n) is 8.86. The van der Waals surface area contributed by atoms with E-state index in [9.17, 15) is 9.59 Å². The first-order chi connectivity index (χ1) is 12.9. The zero-order chi connectivity index (χ0) is 19.6. The minimum absolute atomic E-state index is 0.00440. The minimum Gasteiger partial charge on any atom is -0.493 e. The Labute approximate surface area is 157 Å². The molecule has 1 N–H and O–H groups in total. The summed E-state index contributed by atoms with van der Waals surface area (Å²) >= 11 is 0. The normalized spacial score (nSPS) is 18.5. The Morgan fingerprint density at radius 2 is 1.96 bits per heavy atom. The van der Waals surface area contributed by atoms with Crippen molar-refractivity contribution < 1.29 is 19.1 Å². The molecular weight excluding hydrogens is 348 g/mol. The fraction of sp³-hybridized carbons (Fsp3) is 0.474. The maximum atomic E-state index is 11.5. The summed E-state index contributed by atoms with van der Waals surface area (Å²) in [5.41, 5.74) is 0.568. The molecule has 1 saturated carbocycles. The molecule has 1 amide bonds. The van der Waals surface area contributed by atoms with Crippen LogP contribution in [0.1, 0.15) is 54.6 Å². The molecule has 1 aliphatic carbocycles. The second-order valence-electron chi connectivity index (χ2n) is 6.81. The van der Waals surface area contributed by atoms with E-state index in [0.29, 0.717) is 22.9 Å². The van der Waals surface area contributed by atoms with Gasteiger partial charge in [-0.05, 0) is 38.0 Å². The molecule has 0 atom stereocenters. The van der Waals surface area contributed by atoms with E-state index < -0.39 is 0 Å². The molecule has 8 heteroatoms. The Morgan fingerprint density at radius 3 is 2.59 bits per heavy atom. The molecule has 27 heavy (non-hydrogen) atoms. The fourth-order valence-electron chi connectivity index (χ4n) is 3.24. The van der Waals surface area contributed by atoms with Crippen LogP contribution in [0.3, 0.4) is 0 Å². The van der Waals surface area contributed by atoms with Gasteiger partial charge in [-0.25, -0.2) is 0 Å². The number of ketones is 1. The van der Waals surface area contributed by atoms with Gasteiger partial charge in [0, 0.05) is 31.5 Å². The van der Waals surface area contributed by atoms with Gasteiger partial charge >= 0.3 is 0 Å². The molecule has 0 saturated heterocycles. The smallest absolute Gasteiger partial charge is 0.217 e. The third-order valence-electron chi connectivity index (χ3n) is 4.84. The second-order valence-corrected chi connectivity index (χ2v) is 6.81. The standard InChI is InChI=1S/C19H24N4O4/c1-11(24)13-5-6-16(17(9-13)26-4)27-10-18-21-22-19(23(18)3)14-7-15(8-14)20-12(2)25/h5-6,9,14-15H,7-8,10H2,1-4H3,(H,20,25). The molecule has 1 aromatic carbocycles. The van der Waals surface area contributed by atoms with Crippen LogP contribution in [0.4, 0.5) is 0 Å². The Balaban J connectivity index is 1.64. The number of benzene rings is 1. The lowest BCUT2D eigenvalue weighted by Gasteiger charge is -2.34. The number of nitrogens with zero attached hydrogens (tertiary/aromatic N) is 3. The van der Waals surface area contributed by atoms with E-state index in [-0.39, 0.29) is 30.3 Å². The fourth-order valence-corrected chi connectivity index (χ4v) is 3.24. The van der Waals surface area contributed by atoms with Crippen LogP contribution in [-0.2, 0) is 18.4 Å². The number of carbonyl (C=O) groups excluding carboxylic acids is 2. The molecular formula is C19H24N4O4. The Morgan fingerprint density at radius 1 is 1.22 bits per heavy atom. The van der Waals surface area contributed by atoms with Crippen molar-refractivity contribution >= 4 is 11.7 Å². The molecule has 144 valence electrons. The molecule has 0 radical (unpaired) electrons. The summed E-state index contributed by atoms with van der Waals surface area (Å²) in [6.07, 6.45) is 1.74. The molecule has 3 rings (SSSR count). The van der Waals surface area contributed by atoms with Crippen molar-refractivity contribution in [3.05, 3.63) is 35.4 Å². The molecule has 8 nitrogen and oxygen atoms in total. The lowest BCUT2D eigenvalue weighted by Crippen LogP contribution is -2.43. The van der Waals surface area contributed by atoms with Crippen LogP contribution in [0, 0.1) is 0 Å². The summed E-state index contributed by atoms with van der Waals surface area (Å²) in [6, 6.07) is 5.30. The van der Waals surface area contributed by atoms with Crippen LogP contribution in [0.5, 0.6) is 11.5 Å². The van der Waals surface area contributed by atoms with Crippen LogP contribution >= 0.6 is 0 Å². The molecule has 1 aliphatic rings. The second kappa shape index (κ2) is 7.77. The van der Waals surface area contributed by atoms with Gasteiger partial charge < -0.3 is 19.4 Å². The highest BCUT2D eigenvalue weighted by Gasteiger charge is 2.34. The number of methoxy groups -OCH3 is 1. The SMILES string of the molecule is COc1cc(C(C)=O)ccc1OCc1nnc(C2CC(NC(C)=O)C2)n1C. The lowest BCUT2D eigenvalue weighted by atomic mass is 9.79. The Bertz CT molecular complexity index is 855. The van der Waals surface area contributed by atoms with E-state index in [2.05, 4.69) is 15.5 Å². The Kier molecular flexibility index (Phi) is 5.43. The van der Waals surface area contributed by atoms with Gasteiger partial charge in [0.05, 0.1) is 7.11 Å². The van der Waals surface area contributed by atoms with Crippen molar-refractivity contribution in [3.8, 4) is 11.5 Å². The first kappa shape index (κ1) is 18.9. The highest BCUT2D eigenvalue weighted by molar-refractivity contribution is 5.94. The first-order valence-corrected chi connectivity index (χ1v) is 8.86. The van der Waals surface area contributed by atoms with Crippen LogP contribution in [0.2, 0.25) is 0 Å². The largest absolute Gasteiger partial charge is 0.493 e. The van der Waals surface area contributed by atoms with Crippen molar-refractivity contribution in [2.24, 2.45) is 7.05 Å². The molecule has 0 bridgehead atoms. The number of Topliss-reactive ketones (excluding diaryl/α,β-unsaturated/α-hetero) is 1. The van der Waals surface area contributed by atoms with Crippen molar-refractivity contribution in [2.75, 3.05) is 7.11 Å². The third kappa shape index (κ3) is 4.10. The van der Waals surface area contributed by atoms with E-state index in [1.54, 1.807) is 18.2 Å². The number of rotatable bonds is 7. The monoisotopic (exact) mass is 372 g/mol. The van der Waals surface area contributed by atoms with E-state index in [4.69, 9.17) is 9.47 Å². The number of hydrogen-bond donors (Lipinski definition) is 1. The minimum atomic E-state index is -0.0316. The average molecular weight is 372 g/mol. The maximum absolute atomic E-state index is 11.5. The van der Waals surface area contributed by atoms with Crippen LogP contribution in [-0.4, -0.2) is 39.6 Å². The zero-order valence-corrected chi connectivity index (χ0v) is 16.0. The van der Waals surface area contributed by atoms with E-state index in [0.717, 1.165) is 18.7 Å². The summed E-state index contributed by atoms with van der Waals surface area (Å²) in [6.45, 7) is 3.27. The predicted octanol–water partition coefficient (Wildman–Crippen LogP) is 1.99. The van der Waals surface area contributed by atoms with Crippen LogP contribution < -0.4 is 14.8 Å². The van der Waals surface area contributed by atoms with Gasteiger partial charge in [-0.2, -0.15) is 0 Å². The molecule has 1 fully saturated rings. The average Bonchev–Trinajstić information content (AvgIpc) is 2.95. The predicted molar refractivity (Wildman–Crippen MR) is 97.9 cm³/mol. The topological polar surface area (TPSA) is 95.3 Å². The van der Waals surface area contributed by atoms with Gasteiger partial charge in [-0.15, -0.1) is 10.2 Å². The van der Waals surface area contributed by atoms with E-state index in [1.165, 1.54) is 21.0 Å². The van der Waals surface area contributed by atoms with Crippen LogP contribution in [0.25, 0.3) is 0 Å². The Hall–Kier alpha value is -2.90. The summed E-state index contributed by atoms with van der Waals surface area (Å²) in [7, 11) is 3.45. The molecule has 1 heterocycles. The highest BCUT2D eigenvalue weighted by Crippen LogP contribution is 2.36. The van der Waals surface area contributed by atoms with Gasteiger partial charge in [0.2, 0.25) is 5.91 Å². The van der Waals surface area contributed by atoms with E-state index in [1.807, 2.05) is 11.6 Å². The van der Waals surface area contributed by atoms with Crippen molar-refractivity contribution in [1.82, 2.24) is 20.1 Å². The van der Waals surface area contributed by atoms with Crippen molar-refractivity contribution in [3.63, 3.8) is 0 Å². The van der Waals surface area contributed by atoms with Gasteiger partial charge in [0.15, 0.2) is 23.1 Å². The number of hydrogen-bond acceptors (Lipinski definition) is 6. The van der Waals surface area contributed by atoms with Gasteiger partial charge in [-0.3, -0.25) is 9.59 Å². The lowest BCUT2D eigenvalue weighted by molar-refractivity contribution is -0.120. The number of ether oxygens (including phenoxy) is 2. The van der Waals surface area contributed by atoms with Gasteiger partial charge in [0.25, 0.3) is 0 Å². The molecule has 0 aliphatic heterocycles. The highest BCUT2D eigenvalue weighted by atomic mass is 16.5. The van der Waals surface area contributed by atoms with Gasteiger partial charge in [-0.1, -0.05) is 0 Å². The number of carbonyl (C=O) groups is 2. The number of nitrogens with one attached hydrogen (secondary N) is 1. The summed E-state index contributed by atoms with van der Waals surface area (Å²) in [4.78, 5) is 22.6. The van der Waals surface area contributed by atoms with Gasteiger partial charge in [0.1, 0.15) is 12.4 Å². The quantitative estimate of drug-likeness (QED) is 0.747. The zero-order valence-electron chi connectivity index (χ0n) is 16.0. The van der Waals surface area contributed by atoms with E-state index >= 15 is 0 Å². The molecule has 2 aromatic rings. The summed E-state index contributed by atoms with van der Waals surface area (Å²) in [5.74, 6) is 2.90. The number of amides is 1. The van der Waals surface area contributed by atoms with Crippen LogP contribution in [0.15, 0.2) is 18.2 Å². The van der Waals surface area contributed by atoms with Crippen molar-refractivity contribution in [2.45, 2.75) is 45.3 Å².